The fourth-order valence-corrected chi connectivity index (χ4v) is 5.33. The highest BCUT2D eigenvalue weighted by molar-refractivity contribution is 7.90. The first-order valence-corrected chi connectivity index (χ1v) is 10.4. The fourth-order valence-electron chi connectivity index (χ4n) is 2.54. The van der Waals surface area contributed by atoms with Crippen molar-refractivity contribution in [3.8, 4) is 0 Å². The number of carbonyl (C=O) groups excluding carboxylic acids is 2. The van der Waals surface area contributed by atoms with Crippen molar-refractivity contribution in [3.05, 3.63) is 53.1 Å². The van der Waals surface area contributed by atoms with Gasteiger partial charge in [-0.3, -0.25) is 14.9 Å². The number of hydrogen-bond acceptors (Lipinski definition) is 6. The number of carbonyl (C=O) groups is 2. The summed E-state index contributed by atoms with van der Waals surface area (Å²) >= 11 is 1.19. The number of likely N-dealkylation sites (N-methyl/N-ethyl adjacent to an activating group) is 1. The highest BCUT2D eigenvalue weighted by atomic mass is 32.2. The second-order valence-electron chi connectivity index (χ2n) is 5.83. The Kier molecular flexibility index (Phi) is 4.92. The second kappa shape index (κ2) is 7.00. The molecular formula is C17H17N3O4S2. The Bertz CT molecular complexity index is 978. The van der Waals surface area contributed by atoms with Crippen LogP contribution in [0.1, 0.15) is 20.9 Å². The highest BCUT2D eigenvalue weighted by Crippen LogP contribution is 2.29. The number of anilines is 2. The van der Waals surface area contributed by atoms with Crippen LogP contribution < -0.4 is 10.2 Å². The van der Waals surface area contributed by atoms with Gasteiger partial charge >= 0.3 is 0 Å². The zero-order chi connectivity index (χ0) is 18.9. The molecule has 0 saturated heterocycles. The first kappa shape index (κ1) is 18.3. The molecule has 26 heavy (non-hydrogen) atoms. The first-order valence-electron chi connectivity index (χ1n) is 7.79. The lowest BCUT2D eigenvalue weighted by molar-refractivity contribution is -0.113. The van der Waals surface area contributed by atoms with Gasteiger partial charge in [-0.2, -0.15) is 0 Å². The van der Waals surface area contributed by atoms with Gasteiger partial charge in [-0.25, -0.2) is 13.4 Å². The normalized spacial score (nSPS) is 15.0. The van der Waals surface area contributed by atoms with Gasteiger partial charge < -0.3 is 4.90 Å². The third kappa shape index (κ3) is 3.83. The number of aryl methyl sites for hydroxylation is 1. The monoisotopic (exact) mass is 391 g/mol. The molecule has 9 heteroatoms. The summed E-state index contributed by atoms with van der Waals surface area (Å²) in [7, 11) is -1.45. The van der Waals surface area contributed by atoms with E-state index in [0.717, 1.165) is 5.69 Å². The molecule has 0 aliphatic carbocycles. The highest BCUT2D eigenvalue weighted by Gasteiger charge is 2.25. The molecule has 0 fully saturated rings. The summed E-state index contributed by atoms with van der Waals surface area (Å²) in [5.41, 5.74) is 1.79. The van der Waals surface area contributed by atoms with Crippen LogP contribution in [0.5, 0.6) is 0 Å². The number of fused-ring (bicyclic) bond motifs is 1. The molecular weight excluding hydrogens is 374 g/mol. The minimum Gasteiger partial charge on any atom is -0.312 e. The van der Waals surface area contributed by atoms with Crippen molar-refractivity contribution in [2.45, 2.75) is 12.2 Å². The molecule has 0 saturated carbocycles. The van der Waals surface area contributed by atoms with Crippen molar-refractivity contribution in [2.75, 3.05) is 23.0 Å². The standard InChI is InChI=1S/C17H17N3O4S2/c1-3-15(21)20(2)12-6-4-11(5-7-12)16(22)19-17-18-13-8-9-26(23,24)10-14(13)25-17/h3-7H,1,8-10H2,2H3,(H,18,19,22). The van der Waals surface area contributed by atoms with Gasteiger partial charge in [0.25, 0.3) is 5.91 Å². The largest absolute Gasteiger partial charge is 0.312 e. The Hall–Kier alpha value is -2.52. The van der Waals surface area contributed by atoms with E-state index in [1.807, 2.05) is 0 Å². The minimum atomic E-state index is -3.07. The van der Waals surface area contributed by atoms with Crippen molar-refractivity contribution >= 4 is 43.8 Å². The van der Waals surface area contributed by atoms with Gasteiger partial charge in [0.15, 0.2) is 15.0 Å². The molecule has 2 heterocycles. The smallest absolute Gasteiger partial charge is 0.257 e. The summed E-state index contributed by atoms with van der Waals surface area (Å²) in [6.45, 7) is 3.44. The molecule has 0 radical (unpaired) electrons. The molecule has 1 aliphatic rings. The van der Waals surface area contributed by atoms with Crippen LogP contribution in [0.25, 0.3) is 0 Å². The third-order valence-electron chi connectivity index (χ3n) is 4.02. The number of hydrogen-bond donors (Lipinski definition) is 1. The van der Waals surface area contributed by atoms with Crippen LogP contribution in [0.15, 0.2) is 36.9 Å². The van der Waals surface area contributed by atoms with Gasteiger partial charge in [-0.05, 0) is 30.3 Å². The molecule has 1 N–H and O–H groups in total. The van der Waals surface area contributed by atoms with E-state index in [2.05, 4.69) is 16.9 Å². The summed E-state index contributed by atoms with van der Waals surface area (Å²) in [5, 5.41) is 3.09. The number of thiazole rings is 1. The minimum absolute atomic E-state index is 0.0196. The summed E-state index contributed by atoms with van der Waals surface area (Å²) in [5.74, 6) is -0.516. The van der Waals surface area contributed by atoms with Crippen LogP contribution in [-0.2, 0) is 26.8 Å². The molecule has 3 rings (SSSR count). The molecule has 0 spiro atoms. The number of nitrogens with one attached hydrogen (secondary N) is 1. The van der Waals surface area contributed by atoms with Crippen LogP contribution >= 0.6 is 11.3 Å². The lowest BCUT2D eigenvalue weighted by Gasteiger charge is -2.15. The summed E-state index contributed by atoms with van der Waals surface area (Å²) in [6, 6.07) is 6.54. The average Bonchev–Trinajstić information content (AvgIpc) is 3.00. The molecule has 0 atom stereocenters. The maximum atomic E-state index is 12.4. The van der Waals surface area contributed by atoms with E-state index in [-0.39, 0.29) is 23.3 Å². The molecule has 0 unspecified atom stereocenters. The summed E-state index contributed by atoms with van der Waals surface area (Å²) in [6.07, 6.45) is 1.59. The van der Waals surface area contributed by atoms with Crippen molar-refractivity contribution in [2.24, 2.45) is 0 Å². The molecule has 1 aliphatic heterocycles. The number of sulfone groups is 1. The van der Waals surface area contributed by atoms with Crippen LogP contribution in [0.4, 0.5) is 10.8 Å². The van der Waals surface area contributed by atoms with Gasteiger partial charge in [0.1, 0.15) is 0 Å². The van der Waals surface area contributed by atoms with Crippen LogP contribution in [-0.4, -0.2) is 38.0 Å². The molecule has 2 aromatic rings. The maximum absolute atomic E-state index is 12.4. The number of rotatable bonds is 4. The van der Waals surface area contributed by atoms with E-state index < -0.39 is 9.84 Å². The zero-order valence-corrected chi connectivity index (χ0v) is 15.7. The summed E-state index contributed by atoms with van der Waals surface area (Å²) in [4.78, 5) is 30.4. The Morgan fingerprint density at radius 1 is 1.31 bits per heavy atom. The van der Waals surface area contributed by atoms with Gasteiger partial charge in [0.2, 0.25) is 5.91 Å². The van der Waals surface area contributed by atoms with Gasteiger partial charge in [0.05, 0.1) is 17.2 Å². The van der Waals surface area contributed by atoms with E-state index in [9.17, 15) is 18.0 Å². The predicted molar refractivity (Wildman–Crippen MR) is 101 cm³/mol. The van der Waals surface area contributed by atoms with Gasteiger partial charge in [0, 0.05) is 29.6 Å². The van der Waals surface area contributed by atoms with E-state index >= 15 is 0 Å². The van der Waals surface area contributed by atoms with Crippen LogP contribution in [0.2, 0.25) is 0 Å². The first-order chi connectivity index (χ1) is 12.3. The van der Waals surface area contributed by atoms with Crippen molar-refractivity contribution in [1.29, 1.82) is 0 Å². The molecule has 2 amide bonds. The predicted octanol–water partition coefficient (Wildman–Crippen LogP) is 2.02. The lowest BCUT2D eigenvalue weighted by atomic mass is 10.2. The summed E-state index contributed by atoms with van der Waals surface area (Å²) < 4.78 is 23.4. The lowest BCUT2D eigenvalue weighted by Crippen LogP contribution is -2.23. The van der Waals surface area contributed by atoms with Crippen molar-refractivity contribution in [1.82, 2.24) is 4.98 Å². The Morgan fingerprint density at radius 2 is 2.00 bits per heavy atom. The molecule has 136 valence electrons. The van der Waals surface area contributed by atoms with E-state index in [4.69, 9.17) is 0 Å². The molecule has 1 aromatic carbocycles. The van der Waals surface area contributed by atoms with Crippen molar-refractivity contribution < 1.29 is 18.0 Å². The fraction of sp³-hybridized carbons (Fsp3) is 0.235. The SMILES string of the molecule is C=CC(=O)N(C)c1ccc(C(=O)Nc2nc3c(s2)CS(=O)(=O)CC3)cc1. The third-order valence-corrected chi connectivity index (χ3v) is 6.77. The number of nitrogens with zero attached hydrogens (tertiary/aromatic N) is 2. The second-order valence-corrected chi connectivity index (χ2v) is 9.10. The Morgan fingerprint density at radius 3 is 2.65 bits per heavy atom. The maximum Gasteiger partial charge on any atom is 0.257 e. The Labute approximate surface area is 155 Å². The number of aromatic nitrogens is 1. The zero-order valence-electron chi connectivity index (χ0n) is 14.1. The molecule has 7 nitrogen and oxygen atoms in total. The van der Waals surface area contributed by atoms with Gasteiger partial charge in [-0.1, -0.05) is 6.58 Å². The van der Waals surface area contributed by atoms with E-state index in [1.165, 1.54) is 22.3 Å². The quantitative estimate of drug-likeness (QED) is 0.805. The number of amides is 2. The van der Waals surface area contributed by atoms with Gasteiger partial charge in [-0.15, -0.1) is 11.3 Å². The molecule has 1 aromatic heterocycles. The van der Waals surface area contributed by atoms with Crippen LogP contribution in [0, 0.1) is 0 Å². The Balaban J connectivity index is 1.72. The molecule has 0 bridgehead atoms. The number of benzene rings is 1. The average molecular weight is 391 g/mol. The topological polar surface area (TPSA) is 96.4 Å². The van der Waals surface area contributed by atoms with Crippen LogP contribution in [0.3, 0.4) is 0 Å². The van der Waals surface area contributed by atoms with Crippen molar-refractivity contribution in [3.63, 3.8) is 0 Å². The van der Waals surface area contributed by atoms with E-state index in [1.54, 1.807) is 31.3 Å². The van der Waals surface area contributed by atoms with E-state index in [0.29, 0.717) is 27.7 Å².